The summed E-state index contributed by atoms with van der Waals surface area (Å²) in [6.45, 7) is 1.72. The molecule has 0 aromatic heterocycles. The summed E-state index contributed by atoms with van der Waals surface area (Å²) in [5, 5.41) is 11.8. The number of hydrogen-bond donors (Lipinski definition) is 2. The van der Waals surface area contributed by atoms with Crippen molar-refractivity contribution in [3.63, 3.8) is 0 Å². The molecule has 0 fully saturated rings. The molecule has 0 heterocycles. The lowest BCUT2D eigenvalue weighted by molar-refractivity contribution is -0.116. The van der Waals surface area contributed by atoms with Gasteiger partial charge >= 0.3 is 5.97 Å². The number of rotatable bonds is 7. The minimum absolute atomic E-state index is 0.0412. The minimum Gasteiger partial charge on any atom is -0.478 e. The Morgan fingerprint density at radius 3 is 2.43 bits per heavy atom. The maximum atomic E-state index is 11.9. The van der Waals surface area contributed by atoms with Crippen LogP contribution in [0.25, 0.3) is 0 Å². The average molecular weight is 311 g/mol. The molecule has 0 unspecified atom stereocenters. The van der Waals surface area contributed by atoms with Crippen LogP contribution < -0.4 is 5.32 Å². The zero-order valence-electron chi connectivity index (χ0n) is 13.2. The van der Waals surface area contributed by atoms with Crippen LogP contribution in [0.15, 0.2) is 48.5 Å². The highest BCUT2D eigenvalue weighted by Gasteiger charge is 2.08. The minimum atomic E-state index is -0.957. The van der Waals surface area contributed by atoms with Crippen molar-refractivity contribution in [1.29, 1.82) is 0 Å². The number of amides is 1. The number of carbonyl (C=O) groups is 2. The SMILES string of the molecule is Cc1cc(NC(=O)CCCCc2ccccc2)ccc1C(=O)O. The van der Waals surface area contributed by atoms with Crippen LogP contribution in [0.4, 0.5) is 5.69 Å². The van der Waals surface area contributed by atoms with Crippen LogP contribution in [-0.4, -0.2) is 17.0 Å². The molecule has 120 valence electrons. The summed E-state index contributed by atoms with van der Waals surface area (Å²) in [7, 11) is 0. The van der Waals surface area contributed by atoms with Gasteiger partial charge in [-0.2, -0.15) is 0 Å². The third-order valence-corrected chi connectivity index (χ3v) is 3.70. The number of aryl methyl sites for hydroxylation is 2. The molecule has 0 saturated carbocycles. The second-order valence-corrected chi connectivity index (χ2v) is 5.58. The van der Waals surface area contributed by atoms with Crippen LogP contribution in [0, 0.1) is 6.92 Å². The van der Waals surface area contributed by atoms with Crippen molar-refractivity contribution in [2.45, 2.75) is 32.6 Å². The van der Waals surface area contributed by atoms with E-state index in [1.165, 1.54) is 11.6 Å². The van der Waals surface area contributed by atoms with Crippen LogP contribution in [0.2, 0.25) is 0 Å². The number of aromatic carboxylic acids is 1. The van der Waals surface area contributed by atoms with E-state index in [1.807, 2.05) is 18.2 Å². The molecule has 1 amide bonds. The number of anilines is 1. The van der Waals surface area contributed by atoms with Crippen molar-refractivity contribution in [2.24, 2.45) is 0 Å². The molecule has 2 aromatic carbocycles. The molecule has 0 bridgehead atoms. The van der Waals surface area contributed by atoms with Crippen LogP contribution in [0.1, 0.15) is 40.7 Å². The molecular weight excluding hydrogens is 290 g/mol. The number of carboxylic acids is 1. The summed E-state index contributed by atoms with van der Waals surface area (Å²) in [6.07, 6.45) is 3.23. The Hall–Kier alpha value is -2.62. The van der Waals surface area contributed by atoms with Gasteiger partial charge in [0.25, 0.3) is 0 Å². The van der Waals surface area contributed by atoms with E-state index in [4.69, 9.17) is 5.11 Å². The molecule has 2 aromatic rings. The van der Waals surface area contributed by atoms with Crippen LogP contribution in [-0.2, 0) is 11.2 Å². The second kappa shape index (κ2) is 8.13. The number of nitrogens with one attached hydrogen (secondary N) is 1. The van der Waals surface area contributed by atoms with Gasteiger partial charge in [0.2, 0.25) is 5.91 Å². The number of carboxylic acid groups (broad SMARTS) is 1. The fourth-order valence-corrected chi connectivity index (χ4v) is 2.46. The average Bonchev–Trinajstić information content (AvgIpc) is 2.52. The molecule has 0 aliphatic carbocycles. The predicted octanol–water partition coefficient (Wildman–Crippen LogP) is 4.04. The van der Waals surface area contributed by atoms with Crippen LogP contribution in [0.3, 0.4) is 0 Å². The first-order chi connectivity index (χ1) is 11.1. The van der Waals surface area contributed by atoms with E-state index in [1.54, 1.807) is 19.1 Å². The first kappa shape index (κ1) is 16.7. The van der Waals surface area contributed by atoms with Crippen molar-refractivity contribution in [1.82, 2.24) is 0 Å². The Balaban J connectivity index is 1.76. The number of benzene rings is 2. The van der Waals surface area contributed by atoms with E-state index in [-0.39, 0.29) is 11.5 Å². The van der Waals surface area contributed by atoms with E-state index < -0.39 is 5.97 Å². The first-order valence-corrected chi connectivity index (χ1v) is 7.74. The van der Waals surface area contributed by atoms with Gasteiger partial charge in [0.15, 0.2) is 0 Å². The Morgan fingerprint density at radius 2 is 1.78 bits per heavy atom. The molecular formula is C19H21NO3. The summed E-state index contributed by atoms with van der Waals surface area (Å²) < 4.78 is 0. The molecule has 0 spiro atoms. The van der Waals surface area contributed by atoms with E-state index in [9.17, 15) is 9.59 Å². The molecule has 0 aliphatic rings. The zero-order chi connectivity index (χ0) is 16.7. The lowest BCUT2D eigenvalue weighted by Crippen LogP contribution is -2.12. The molecule has 2 rings (SSSR count). The monoisotopic (exact) mass is 311 g/mol. The molecule has 0 aliphatic heterocycles. The van der Waals surface area contributed by atoms with Crippen molar-refractivity contribution < 1.29 is 14.7 Å². The Bertz CT molecular complexity index is 680. The molecule has 0 atom stereocenters. The highest BCUT2D eigenvalue weighted by molar-refractivity contribution is 5.93. The summed E-state index contributed by atoms with van der Waals surface area (Å²) >= 11 is 0. The molecule has 0 saturated heterocycles. The fourth-order valence-electron chi connectivity index (χ4n) is 2.46. The summed E-state index contributed by atoms with van der Waals surface area (Å²) in [5.74, 6) is -0.998. The van der Waals surface area contributed by atoms with Crippen molar-refractivity contribution in [3.05, 3.63) is 65.2 Å². The largest absolute Gasteiger partial charge is 0.478 e. The molecule has 23 heavy (non-hydrogen) atoms. The Kier molecular flexibility index (Phi) is 5.92. The highest BCUT2D eigenvalue weighted by atomic mass is 16.4. The van der Waals surface area contributed by atoms with Crippen molar-refractivity contribution >= 4 is 17.6 Å². The molecule has 4 nitrogen and oxygen atoms in total. The quantitative estimate of drug-likeness (QED) is 0.758. The Morgan fingerprint density at radius 1 is 1.04 bits per heavy atom. The number of unbranched alkanes of at least 4 members (excludes halogenated alkanes) is 1. The second-order valence-electron chi connectivity index (χ2n) is 5.58. The van der Waals surface area contributed by atoms with Gasteiger partial charge < -0.3 is 10.4 Å². The van der Waals surface area contributed by atoms with E-state index in [2.05, 4.69) is 17.4 Å². The number of hydrogen-bond acceptors (Lipinski definition) is 2. The maximum absolute atomic E-state index is 11.9. The third-order valence-electron chi connectivity index (χ3n) is 3.70. The highest BCUT2D eigenvalue weighted by Crippen LogP contribution is 2.16. The lowest BCUT2D eigenvalue weighted by atomic mass is 10.1. The smallest absolute Gasteiger partial charge is 0.335 e. The normalized spacial score (nSPS) is 10.3. The summed E-state index contributed by atoms with van der Waals surface area (Å²) in [6, 6.07) is 15.0. The van der Waals surface area contributed by atoms with Gasteiger partial charge in [0, 0.05) is 12.1 Å². The zero-order valence-corrected chi connectivity index (χ0v) is 13.2. The van der Waals surface area contributed by atoms with Crippen molar-refractivity contribution in [2.75, 3.05) is 5.32 Å². The molecule has 0 radical (unpaired) electrons. The van der Waals surface area contributed by atoms with Crippen LogP contribution in [0.5, 0.6) is 0 Å². The van der Waals surface area contributed by atoms with Gasteiger partial charge in [-0.3, -0.25) is 4.79 Å². The van der Waals surface area contributed by atoms with Gasteiger partial charge in [0.05, 0.1) is 5.56 Å². The van der Waals surface area contributed by atoms with E-state index in [0.29, 0.717) is 17.7 Å². The Labute approximate surface area is 136 Å². The standard InChI is InChI=1S/C19H21NO3/c1-14-13-16(11-12-17(14)19(22)23)20-18(21)10-6-5-9-15-7-3-2-4-8-15/h2-4,7-8,11-13H,5-6,9-10H2,1H3,(H,20,21)(H,22,23). The van der Waals surface area contributed by atoms with Gasteiger partial charge in [-0.1, -0.05) is 30.3 Å². The third kappa shape index (κ3) is 5.25. The molecule has 4 heteroatoms. The van der Waals surface area contributed by atoms with E-state index in [0.717, 1.165) is 19.3 Å². The van der Waals surface area contributed by atoms with Gasteiger partial charge in [-0.15, -0.1) is 0 Å². The lowest BCUT2D eigenvalue weighted by Gasteiger charge is -2.08. The predicted molar refractivity (Wildman–Crippen MR) is 90.8 cm³/mol. The van der Waals surface area contributed by atoms with Gasteiger partial charge in [-0.05, 0) is 55.5 Å². The summed E-state index contributed by atoms with van der Waals surface area (Å²) in [5.41, 5.74) is 2.82. The molecule has 2 N–H and O–H groups in total. The van der Waals surface area contributed by atoms with Crippen LogP contribution >= 0.6 is 0 Å². The van der Waals surface area contributed by atoms with Gasteiger partial charge in [0.1, 0.15) is 0 Å². The van der Waals surface area contributed by atoms with Gasteiger partial charge in [-0.25, -0.2) is 4.79 Å². The van der Waals surface area contributed by atoms with E-state index >= 15 is 0 Å². The summed E-state index contributed by atoms with van der Waals surface area (Å²) in [4.78, 5) is 22.9. The maximum Gasteiger partial charge on any atom is 0.335 e. The number of carbonyl (C=O) groups excluding carboxylic acids is 1. The van der Waals surface area contributed by atoms with Crippen molar-refractivity contribution in [3.8, 4) is 0 Å². The first-order valence-electron chi connectivity index (χ1n) is 7.74. The topological polar surface area (TPSA) is 66.4 Å². The fraction of sp³-hybridized carbons (Fsp3) is 0.263.